The molecule has 0 saturated heterocycles. The van der Waals surface area contributed by atoms with Gasteiger partial charge in [-0.1, -0.05) is 0 Å². The average Bonchev–Trinajstić information content (AvgIpc) is 2.86. The van der Waals surface area contributed by atoms with Crippen LogP contribution in [0, 0.1) is 6.92 Å². The van der Waals surface area contributed by atoms with Crippen molar-refractivity contribution in [2.75, 3.05) is 5.32 Å². The van der Waals surface area contributed by atoms with Crippen molar-refractivity contribution in [3.8, 4) is 0 Å². The molecule has 2 aromatic heterocycles. The van der Waals surface area contributed by atoms with E-state index >= 15 is 0 Å². The molecule has 0 aliphatic carbocycles. The van der Waals surface area contributed by atoms with Gasteiger partial charge in [-0.05, 0) is 31.4 Å². The highest BCUT2D eigenvalue weighted by Crippen LogP contribution is 2.10. The summed E-state index contributed by atoms with van der Waals surface area (Å²) in [5, 5.41) is 10.2. The minimum absolute atomic E-state index is 0.257. The summed E-state index contributed by atoms with van der Waals surface area (Å²) in [6.07, 6.45) is 1.57. The summed E-state index contributed by atoms with van der Waals surface area (Å²) in [6, 6.07) is 1.74. The fraction of sp³-hybridized carbons (Fsp3) is 0.333. The average molecular weight is 237 g/mol. The van der Waals surface area contributed by atoms with Crippen molar-refractivity contribution in [3.05, 3.63) is 23.0 Å². The van der Waals surface area contributed by atoms with Crippen LogP contribution in [0.2, 0.25) is 0 Å². The molecule has 0 atom stereocenters. The number of carbonyl (C=O) groups excluding carboxylic acids is 1. The Kier molecular flexibility index (Phi) is 2.95. The highest BCUT2D eigenvalue weighted by Gasteiger charge is 2.12. The summed E-state index contributed by atoms with van der Waals surface area (Å²) in [5.41, 5.74) is 0.410. The van der Waals surface area contributed by atoms with Crippen molar-refractivity contribution < 1.29 is 4.79 Å². The zero-order chi connectivity index (χ0) is 11.5. The molecule has 0 aromatic carbocycles. The number of aryl methyl sites for hydroxylation is 2. The van der Waals surface area contributed by atoms with E-state index in [0.717, 1.165) is 4.88 Å². The zero-order valence-corrected chi connectivity index (χ0v) is 9.78. The van der Waals surface area contributed by atoms with E-state index in [0.29, 0.717) is 18.2 Å². The first-order chi connectivity index (χ1) is 7.70. The van der Waals surface area contributed by atoms with Crippen LogP contribution in [0.5, 0.6) is 0 Å². The Labute approximate surface area is 96.5 Å². The summed E-state index contributed by atoms with van der Waals surface area (Å²) < 4.78 is 5.77. The molecule has 0 bridgehead atoms. The molecule has 0 saturated carbocycles. The molecule has 6 nitrogen and oxygen atoms in total. The summed E-state index contributed by atoms with van der Waals surface area (Å²) in [6.45, 7) is 4.56. The third kappa shape index (κ3) is 2.08. The molecule has 0 spiro atoms. The lowest BCUT2D eigenvalue weighted by Gasteiger charge is -2.03. The van der Waals surface area contributed by atoms with Crippen molar-refractivity contribution in [2.24, 2.45) is 0 Å². The van der Waals surface area contributed by atoms with Gasteiger partial charge in [0.1, 0.15) is 12.0 Å². The molecule has 2 rings (SSSR count). The maximum absolute atomic E-state index is 11.7. The number of carbonyl (C=O) groups is 1. The monoisotopic (exact) mass is 237 g/mol. The largest absolute Gasteiger partial charge is 0.300 e. The first kappa shape index (κ1) is 10.7. The highest BCUT2D eigenvalue weighted by molar-refractivity contribution is 7.05. The van der Waals surface area contributed by atoms with Crippen LogP contribution < -0.4 is 5.32 Å². The lowest BCUT2D eigenvalue weighted by molar-refractivity contribution is 0.102. The zero-order valence-electron chi connectivity index (χ0n) is 8.97. The number of nitrogens with one attached hydrogen (secondary N) is 1. The van der Waals surface area contributed by atoms with Crippen molar-refractivity contribution in [1.82, 2.24) is 19.1 Å². The van der Waals surface area contributed by atoms with Crippen LogP contribution in [-0.4, -0.2) is 25.0 Å². The minimum atomic E-state index is -0.257. The molecule has 84 valence electrons. The number of hydrogen-bond donors (Lipinski definition) is 1. The van der Waals surface area contributed by atoms with Crippen molar-refractivity contribution in [1.29, 1.82) is 0 Å². The predicted molar refractivity (Wildman–Crippen MR) is 60.5 cm³/mol. The van der Waals surface area contributed by atoms with Crippen molar-refractivity contribution in [3.63, 3.8) is 0 Å². The maximum Gasteiger partial charge on any atom is 0.277 e. The van der Waals surface area contributed by atoms with Gasteiger partial charge in [0, 0.05) is 11.4 Å². The molecule has 0 radical (unpaired) electrons. The van der Waals surface area contributed by atoms with Gasteiger partial charge in [0.25, 0.3) is 5.91 Å². The summed E-state index contributed by atoms with van der Waals surface area (Å²) in [5.74, 6) is 0.185. The Morgan fingerprint density at radius 1 is 1.62 bits per heavy atom. The third-order valence-electron chi connectivity index (χ3n) is 2.04. The first-order valence-corrected chi connectivity index (χ1v) is 5.60. The van der Waals surface area contributed by atoms with Crippen LogP contribution in [0.4, 0.5) is 5.95 Å². The molecule has 0 aliphatic rings. The second-order valence-electron chi connectivity index (χ2n) is 3.22. The number of rotatable bonds is 3. The highest BCUT2D eigenvalue weighted by atomic mass is 32.1. The molecule has 2 heterocycles. The molecule has 0 unspecified atom stereocenters. The van der Waals surface area contributed by atoms with Crippen molar-refractivity contribution in [2.45, 2.75) is 20.4 Å². The van der Waals surface area contributed by atoms with E-state index in [1.54, 1.807) is 17.0 Å². The van der Waals surface area contributed by atoms with E-state index < -0.39 is 0 Å². The van der Waals surface area contributed by atoms with E-state index in [4.69, 9.17) is 0 Å². The van der Waals surface area contributed by atoms with Gasteiger partial charge in [-0.2, -0.15) is 4.37 Å². The first-order valence-electron chi connectivity index (χ1n) is 4.83. The van der Waals surface area contributed by atoms with Gasteiger partial charge in [-0.15, -0.1) is 10.2 Å². The number of anilines is 1. The summed E-state index contributed by atoms with van der Waals surface area (Å²) in [7, 11) is 0. The molecule has 0 aliphatic heterocycles. The number of amides is 1. The van der Waals surface area contributed by atoms with Crippen LogP contribution in [0.15, 0.2) is 12.4 Å². The number of nitrogens with zero attached hydrogens (tertiary/aromatic N) is 4. The van der Waals surface area contributed by atoms with Crippen LogP contribution in [0.1, 0.15) is 22.3 Å². The third-order valence-corrected chi connectivity index (χ3v) is 2.74. The van der Waals surface area contributed by atoms with Crippen LogP contribution in [0.25, 0.3) is 0 Å². The smallest absolute Gasteiger partial charge is 0.277 e. The van der Waals surface area contributed by atoms with Gasteiger partial charge in [0.15, 0.2) is 0 Å². The molecule has 16 heavy (non-hydrogen) atoms. The molecule has 0 fully saturated rings. The van der Waals surface area contributed by atoms with E-state index in [1.165, 1.54) is 11.5 Å². The molecule has 1 N–H and O–H groups in total. The second-order valence-corrected chi connectivity index (χ2v) is 4.23. The Morgan fingerprint density at radius 2 is 2.44 bits per heavy atom. The van der Waals surface area contributed by atoms with E-state index in [2.05, 4.69) is 19.9 Å². The van der Waals surface area contributed by atoms with Crippen LogP contribution in [0.3, 0.4) is 0 Å². The Hall–Kier alpha value is -1.76. The molecule has 2 aromatic rings. The van der Waals surface area contributed by atoms with Gasteiger partial charge in [-0.3, -0.25) is 14.7 Å². The number of hydrogen-bond acceptors (Lipinski definition) is 5. The molecular formula is C9H11N5OS. The van der Waals surface area contributed by atoms with Gasteiger partial charge in [0.2, 0.25) is 5.95 Å². The predicted octanol–water partition coefficient (Wildman–Crippen LogP) is 1.32. The van der Waals surface area contributed by atoms with Gasteiger partial charge >= 0.3 is 0 Å². The molecule has 1 amide bonds. The quantitative estimate of drug-likeness (QED) is 0.873. The Morgan fingerprint density at radius 3 is 3.06 bits per heavy atom. The fourth-order valence-corrected chi connectivity index (χ4v) is 1.76. The van der Waals surface area contributed by atoms with E-state index in [1.807, 2.05) is 13.8 Å². The van der Waals surface area contributed by atoms with Crippen LogP contribution in [-0.2, 0) is 6.54 Å². The SMILES string of the molecule is CCn1cnnc1NC(=O)c1cc(C)sn1. The normalized spacial score (nSPS) is 10.4. The fourth-order valence-electron chi connectivity index (χ4n) is 1.22. The lowest BCUT2D eigenvalue weighted by atomic mass is 10.4. The number of aromatic nitrogens is 4. The Balaban J connectivity index is 2.13. The molecule has 7 heteroatoms. The summed E-state index contributed by atoms with van der Waals surface area (Å²) in [4.78, 5) is 12.7. The standard InChI is InChI=1S/C9H11N5OS/c1-3-14-5-10-12-9(14)11-8(15)7-4-6(2)16-13-7/h4-5H,3H2,1-2H3,(H,11,12,15). The second kappa shape index (κ2) is 4.40. The maximum atomic E-state index is 11.7. The van der Waals surface area contributed by atoms with Crippen molar-refractivity contribution >= 4 is 23.4 Å². The Bertz CT molecular complexity index is 503. The lowest BCUT2D eigenvalue weighted by Crippen LogP contribution is -2.15. The topological polar surface area (TPSA) is 72.7 Å². The van der Waals surface area contributed by atoms with E-state index in [-0.39, 0.29) is 5.91 Å². The summed E-state index contributed by atoms with van der Waals surface area (Å²) >= 11 is 1.30. The van der Waals surface area contributed by atoms with Crippen LogP contribution >= 0.6 is 11.5 Å². The van der Waals surface area contributed by atoms with Gasteiger partial charge in [0.05, 0.1) is 0 Å². The van der Waals surface area contributed by atoms with Gasteiger partial charge in [-0.25, -0.2) is 0 Å². The minimum Gasteiger partial charge on any atom is -0.300 e. The van der Waals surface area contributed by atoms with E-state index in [9.17, 15) is 4.79 Å². The van der Waals surface area contributed by atoms with Gasteiger partial charge < -0.3 is 0 Å². The molecular weight excluding hydrogens is 226 g/mol.